The molecule has 1 saturated heterocycles. The highest BCUT2D eigenvalue weighted by Crippen LogP contribution is 2.40. The second-order valence-corrected chi connectivity index (χ2v) is 8.92. The number of carbonyl (C=O) groups is 1. The summed E-state index contributed by atoms with van der Waals surface area (Å²) in [5, 5.41) is 13.8. The zero-order valence-corrected chi connectivity index (χ0v) is 18.3. The number of pyridine rings is 1. The van der Waals surface area contributed by atoms with Crippen LogP contribution in [0.2, 0.25) is 0 Å². The van der Waals surface area contributed by atoms with Crippen molar-refractivity contribution in [2.24, 2.45) is 0 Å². The predicted molar refractivity (Wildman–Crippen MR) is 125 cm³/mol. The SMILES string of the molecule is C[C@@]1(C(=O)Nc2cccnc2)CCCN1c1nc(Nc2cc(C3CC3)[nH]n2)n2cccc2n1. The second-order valence-electron chi connectivity index (χ2n) is 8.92. The summed E-state index contributed by atoms with van der Waals surface area (Å²) in [6.45, 7) is 2.64. The number of H-pyrrole nitrogens is 1. The lowest BCUT2D eigenvalue weighted by Crippen LogP contribution is -2.51. The summed E-state index contributed by atoms with van der Waals surface area (Å²) in [6.07, 6.45) is 9.23. The van der Waals surface area contributed by atoms with Crippen LogP contribution in [0.15, 0.2) is 48.9 Å². The van der Waals surface area contributed by atoms with E-state index in [-0.39, 0.29) is 5.91 Å². The quantitative estimate of drug-likeness (QED) is 0.418. The first-order valence-corrected chi connectivity index (χ1v) is 11.3. The van der Waals surface area contributed by atoms with E-state index in [4.69, 9.17) is 9.97 Å². The Labute approximate surface area is 190 Å². The number of nitrogens with zero attached hydrogens (tertiary/aromatic N) is 6. The van der Waals surface area contributed by atoms with Gasteiger partial charge in [0.15, 0.2) is 5.82 Å². The molecule has 0 radical (unpaired) electrons. The molecule has 5 heterocycles. The van der Waals surface area contributed by atoms with Crippen LogP contribution >= 0.6 is 0 Å². The molecule has 10 nitrogen and oxygen atoms in total. The fourth-order valence-electron chi connectivity index (χ4n) is 4.47. The number of amides is 1. The number of fused-ring (bicyclic) bond motifs is 1. The van der Waals surface area contributed by atoms with E-state index in [0.717, 1.165) is 23.6 Å². The fraction of sp³-hybridized carbons (Fsp3) is 0.348. The minimum absolute atomic E-state index is 0.0947. The van der Waals surface area contributed by atoms with Gasteiger partial charge < -0.3 is 15.5 Å². The van der Waals surface area contributed by atoms with E-state index in [0.29, 0.717) is 36.5 Å². The van der Waals surface area contributed by atoms with Crippen LogP contribution in [0, 0.1) is 0 Å². The Kier molecular flexibility index (Phi) is 4.53. The number of nitrogens with one attached hydrogen (secondary N) is 3. The van der Waals surface area contributed by atoms with Gasteiger partial charge in [-0.15, -0.1) is 0 Å². The normalized spacial score (nSPS) is 20.3. The molecule has 4 aromatic heterocycles. The van der Waals surface area contributed by atoms with Crippen molar-refractivity contribution in [1.82, 2.24) is 29.5 Å². The molecule has 0 unspecified atom stereocenters. The molecule has 1 atom stereocenters. The molecule has 1 aliphatic carbocycles. The highest BCUT2D eigenvalue weighted by Gasteiger charge is 2.45. The maximum atomic E-state index is 13.3. The average molecular weight is 444 g/mol. The Bertz CT molecular complexity index is 1310. The summed E-state index contributed by atoms with van der Waals surface area (Å²) in [5.74, 6) is 2.33. The summed E-state index contributed by atoms with van der Waals surface area (Å²) >= 11 is 0. The third-order valence-corrected chi connectivity index (χ3v) is 6.52. The molecule has 33 heavy (non-hydrogen) atoms. The first kappa shape index (κ1) is 19.7. The largest absolute Gasteiger partial charge is 0.326 e. The van der Waals surface area contributed by atoms with Gasteiger partial charge in [-0.2, -0.15) is 15.1 Å². The van der Waals surface area contributed by atoms with Crippen molar-refractivity contribution in [3.8, 4) is 0 Å². The van der Waals surface area contributed by atoms with Crippen LogP contribution in [0.5, 0.6) is 0 Å². The number of carbonyl (C=O) groups excluding carboxylic acids is 1. The summed E-state index contributed by atoms with van der Waals surface area (Å²) in [7, 11) is 0. The summed E-state index contributed by atoms with van der Waals surface area (Å²) in [4.78, 5) is 29.0. The molecular formula is C23H25N9O. The molecule has 0 spiro atoms. The smallest absolute Gasteiger partial charge is 0.250 e. The predicted octanol–water partition coefficient (Wildman–Crippen LogP) is 3.47. The van der Waals surface area contributed by atoms with Crippen LogP contribution < -0.4 is 15.5 Å². The van der Waals surface area contributed by atoms with E-state index in [1.54, 1.807) is 18.5 Å². The first-order chi connectivity index (χ1) is 16.1. The van der Waals surface area contributed by atoms with Gasteiger partial charge in [-0.25, -0.2) is 0 Å². The maximum Gasteiger partial charge on any atom is 0.250 e. The molecule has 6 rings (SSSR count). The number of hydrogen-bond acceptors (Lipinski definition) is 7. The lowest BCUT2D eigenvalue weighted by molar-refractivity contribution is -0.120. The average Bonchev–Trinajstić information content (AvgIpc) is 3.20. The highest BCUT2D eigenvalue weighted by atomic mass is 16.2. The van der Waals surface area contributed by atoms with Crippen molar-refractivity contribution in [2.45, 2.75) is 44.1 Å². The Morgan fingerprint density at radius 2 is 2.15 bits per heavy atom. The van der Waals surface area contributed by atoms with Crippen molar-refractivity contribution in [3.63, 3.8) is 0 Å². The van der Waals surface area contributed by atoms with Gasteiger partial charge in [0.05, 0.1) is 11.9 Å². The molecule has 4 aromatic rings. The number of anilines is 4. The van der Waals surface area contributed by atoms with Crippen LogP contribution in [0.4, 0.5) is 23.4 Å². The molecule has 168 valence electrons. The number of hydrogen-bond donors (Lipinski definition) is 3. The summed E-state index contributed by atoms with van der Waals surface area (Å²) < 4.78 is 1.89. The molecule has 0 aromatic carbocycles. The second kappa shape index (κ2) is 7.58. The maximum absolute atomic E-state index is 13.3. The molecule has 2 fully saturated rings. The van der Waals surface area contributed by atoms with Crippen LogP contribution in [0.3, 0.4) is 0 Å². The van der Waals surface area contributed by atoms with E-state index in [9.17, 15) is 4.79 Å². The molecule has 0 bridgehead atoms. The first-order valence-electron chi connectivity index (χ1n) is 11.3. The van der Waals surface area contributed by atoms with Crippen LogP contribution in [0.25, 0.3) is 5.65 Å². The topological polar surface area (TPSA) is 116 Å². The van der Waals surface area contributed by atoms with E-state index in [2.05, 4.69) is 25.8 Å². The van der Waals surface area contributed by atoms with Crippen LogP contribution in [0.1, 0.15) is 44.2 Å². The van der Waals surface area contributed by atoms with Crippen molar-refractivity contribution in [3.05, 3.63) is 54.6 Å². The standard InChI is InChI=1S/C23H25N9O/c1-23(20(33)25-16-5-2-10-24-14-16)9-4-12-32(23)22-27-19-6-3-11-31(19)21(28-22)26-18-13-17(29-30-18)15-7-8-15/h2-3,5-6,10-11,13-15H,4,7-9,12H2,1H3,(H,25,33)(H2,26,27,28,29,30)/t23-/m0/s1. The van der Waals surface area contributed by atoms with Gasteiger partial charge in [0.25, 0.3) is 0 Å². The third kappa shape index (κ3) is 3.57. The van der Waals surface area contributed by atoms with E-state index < -0.39 is 5.54 Å². The van der Waals surface area contributed by atoms with Gasteiger partial charge in [-0.1, -0.05) is 0 Å². The summed E-state index contributed by atoms with van der Waals surface area (Å²) in [6, 6.07) is 9.53. The Balaban J connectivity index is 1.32. The molecule has 1 saturated carbocycles. The Morgan fingerprint density at radius 3 is 2.97 bits per heavy atom. The number of aromatic amines is 1. The van der Waals surface area contributed by atoms with Crippen molar-refractivity contribution < 1.29 is 4.79 Å². The number of aromatic nitrogens is 6. The van der Waals surface area contributed by atoms with Crippen molar-refractivity contribution in [1.29, 1.82) is 0 Å². The molecular weight excluding hydrogens is 418 g/mol. The molecule has 2 aliphatic rings. The Morgan fingerprint density at radius 1 is 1.24 bits per heavy atom. The minimum atomic E-state index is -0.774. The molecule has 1 aliphatic heterocycles. The van der Waals surface area contributed by atoms with Gasteiger partial charge in [0.1, 0.15) is 11.2 Å². The highest BCUT2D eigenvalue weighted by molar-refractivity contribution is 6.00. The summed E-state index contributed by atoms with van der Waals surface area (Å²) in [5.41, 5.74) is 1.80. The van der Waals surface area contributed by atoms with E-state index >= 15 is 0 Å². The third-order valence-electron chi connectivity index (χ3n) is 6.52. The van der Waals surface area contributed by atoms with Gasteiger partial charge in [0.2, 0.25) is 17.8 Å². The van der Waals surface area contributed by atoms with Gasteiger partial charge in [-0.3, -0.25) is 19.3 Å². The van der Waals surface area contributed by atoms with E-state index in [1.165, 1.54) is 12.8 Å². The lowest BCUT2D eigenvalue weighted by Gasteiger charge is -2.34. The van der Waals surface area contributed by atoms with E-state index in [1.807, 2.05) is 46.7 Å². The van der Waals surface area contributed by atoms with Crippen LogP contribution in [-0.2, 0) is 4.79 Å². The number of rotatable bonds is 6. The minimum Gasteiger partial charge on any atom is -0.326 e. The van der Waals surface area contributed by atoms with Crippen molar-refractivity contribution in [2.75, 3.05) is 22.1 Å². The zero-order chi connectivity index (χ0) is 22.4. The fourth-order valence-corrected chi connectivity index (χ4v) is 4.47. The Hall–Kier alpha value is -3.95. The lowest BCUT2D eigenvalue weighted by atomic mass is 9.97. The van der Waals surface area contributed by atoms with Gasteiger partial charge >= 0.3 is 0 Å². The van der Waals surface area contributed by atoms with Crippen molar-refractivity contribution >= 4 is 35.0 Å². The zero-order valence-electron chi connectivity index (χ0n) is 18.3. The molecule has 1 amide bonds. The monoisotopic (exact) mass is 443 g/mol. The molecule has 10 heteroatoms. The van der Waals surface area contributed by atoms with Crippen LogP contribution in [-0.4, -0.2) is 47.5 Å². The molecule has 3 N–H and O–H groups in total. The van der Waals surface area contributed by atoms with Gasteiger partial charge in [-0.05, 0) is 56.9 Å². The van der Waals surface area contributed by atoms with Gasteiger partial charge in [0, 0.05) is 36.6 Å².